The highest BCUT2D eigenvalue weighted by Crippen LogP contribution is 2.24. The zero-order valence-corrected chi connectivity index (χ0v) is 17.9. The van der Waals surface area contributed by atoms with Crippen molar-refractivity contribution in [1.82, 2.24) is 23.6 Å². The van der Waals surface area contributed by atoms with E-state index in [0.717, 1.165) is 17.7 Å². The van der Waals surface area contributed by atoms with Crippen LogP contribution in [-0.2, 0) is 27.2 Å². The van der Waals surface area contributed by atoms with Gasteiger partial charge in [-0.1, -0.05) is 32.0 Å². The van der Waals surface area contributed by atoms with Crippen molar-refractivity contribution in [3.05, 3.63) is 62.3 Å². The number of hydrogen-bond acceptors (Lipinski definition) is 4. The lowest BCUT2D eigenvalue weighted by molar-refractivity contribution is 0.130. The molecule has 0 saturated carbocycles. The summed E-state index contributed by atoms with van der Waals surface area (Å²) in [6, 6.07) is 6.54. The summed E-state index contributed by atoms with van der Waals surface area (Å²) in [4.78, 5) is 32.4. The maximum atomic E-state index is 14.4. The van der Waals surface area contributed by atoms with E-state index in [9.17, 15) is 14.0 Å². The lowest BCUT2D eigenvalue weighted by atomic mass is 9.92. The van der Waals surface area contributed by atoms with Crippen LogP contribution in [0, 0.1) is 17.7 Å². The van der Waals surface area contributed by atoms with Crippen LogP contribution in [0.1, 0.15) is 31.7 Å². The smallest absolute Gasteiger partial charge is 0.316 e. The third kappa shape index (κ3) is 3.60. The summed E-state index contributed by atoms with van der Waals surface area (Å²) < 4.78 is 18.7. The summed E-state index contributed by atoms with van der Waals surface area (Å²) >= 11 is 0. The zero-order chi connectivity index (χ0) is 21.6. The third-order valence-corrected chi connectivity index (χ3v) is 6.02. The second-order valence-corrected chi connectivity index (χ2v) is 8.72. The van der Waals surface area contributed by atoms with E-state index in [1.54, 1.807) is 29.8 Å². The molecule has 0 N–H and O–H groups in total. The molecule has 4 rings (SSSR count). The fourth-order valence-electron chi connectivity index (χ4n) is 4.70. The summed E-state index contributed by atoms with van der Waals surface area (Å²) in [6.45, 7) is 7.11. The van der Waals surface area contributed by atoms with Crippen molar-refractivity contribution in [2.75, 3.05) is 13.1 Å². The van der Waals surface area contributed by atoms with Crippen molar-refractivity contribution >= 4 is 11.2 Å². The largest absolute Gasteiger partial charge is 0.332 e. The van der Waals surface area contributed by atoms with Gasteiger partial charge in [0.2, 0.25) is 0 Å². The Morgan fingerprint density at radius 2 is 1.70 bits per heavy atom. The van der Waals surface area contributed by atoms with Crippen LogP contribution in [0.5, 0.6) is 0 Å². The fraction of sp³-hybridized carbons (Fsp3) is 0.500. The van der Waals surface area contributed by atoms with Gasteiger partial charge in [-0.05, 0) is 24.3 Å². The van der Waals surface area contributed by atoms with Crippen LogP contribution in [-0.4, -0.2) is 36.7 Å². The Balaban J connectivity index is 1.87. The molecule has 1 aliphatic heterocycles. The second-order valence-electron chi connectivity index (χ2n) is 8.72. The molecule has 1 aliphatic rings. The minimum atomic E-state index is -0.421. The van der Waals surface area contributed by atoms with Gasteiger partial charge in [-0.15, -0.1) is 0 Å². The van der Waals surface area contributed by atoms with Gasteiger partial charge < -0.3 is 4.57 Å². The van der Waals surface area contributed by atoms with Crippen LogP contribution in [0.2, 0.25) is 0 Å². The van der Waals surface area contributed by atoms with E-state index in [0.29, 0.717) is 40.9 Å². The first-order chi connectivity index (χ1) is 14.3. The second kappa shape index (κ2) is 7.83. The van der Waals surface area contributed by atoms with Crippen molar-refractivity contribution in [3.8, 4) is 0 Å². The summed E-state index contributed by atoms with van der Waals surface area (Å²) in [7, 11) is 3.07. The average Bonchev–Trinajstić information content (AvgIpc) is 3.04. The van der Waals surface area contributed by atoms with Gasteiger partial charge in [0.25, 0.3) is 5.56 Å². The van der Waals surface area contributed by atoms with E-state index >= 15 is 0 Å². The number of halogens is 1. The van der Waals surface area contributed by atoms with Crippen molar-refractivity contribution in [2.24, 2.45) is 25.9 Å². The summed E-state index contributed by atoms with van der Waals surface area (Å²) in [6.07, 6.45) is 1.19. The van der Waals surface area contributed by atoms with Crippen molar-refractivity contribution in [3.63, 3.8) is 0 Å². The predicted molar refractivity (Wildman–Crippen MR) is 114 cm³/mol. The van der Waals surface area contributed by atoms with E-state index in [1.807, 2.05) is 0 Å². The van der Waals surface area contributed by atoms with Gasteiger partial charge in [-0.3, -0.25) is 18.8 Å². The van der Waals surface area contributed by atoms with Crippen LogP contribution in [0.3, 0.4) is 0 Å². The van der Waals surface area contributed by atoms with E-state index in [4.69, 9.17) is 4.98 Å². The van der Waals surface area contributed by atoms with Gasteiger partial charge in [-0.2, -0.15) is 0 Å². The molecule has 0 spiro atoms. The maximum absolute atomic E-state index is 14.4. The van der Waals surface area contributed by atoms with Gasteiger partial charge >= 0.3 is 5.69 Å². The topological polar surface area (TPSA) is 65.1 Å². The van der Waals surface area contributed by atoms with E-state index in [1.165, 1.54) is 24.1 Å². The van der Waals surface area contributed by atoms with Gasteiger partial charge in [-0.25, -0.2) is 14.2 Å². The molecule has 1 fully saturated rings. The lowest BCUT2D eigenvalue weighted by Gasteiger charge is -2.34. The fourth-order valence-corrected chi connectivity index (χ4v) is 4.70. The summed E-state index contributed by atoms with van der Waals surface area (Å²) in [5.74, 6) is 1.51. The van der Waals surface area contributed by atoms with Gasteiger partial charge in [0.15, 0.2) is 11.2 Å². The van der Waals surface area contributed by atoms with Crippen LogP contribution in [0.15, 0.2) is 33.9 Å². The van der Waals surface area contributed by atoms with E-state index < -0.39 is 11.2 Å². The number of imidazole rings is 1. The normalized spacial score (nSPS) is 20.2. The molecule has 1 aromatic carbocycles. The van der Waals surface area contributed by atoms with Crippen molar-refractivity contribution < 1.29 is 4.39 Å². The van der Waals surface area contributed by atoms with Crippen LogP contribution < -0.4 is 11.2 Å². The highest BCUT2D eigenvalue weighted by atomic mass is 19.1. The molecule has 0 amide bonds. The number of aromatic nitrogens is 4. The summed E-state index contributed by atoms with van der Waals surface area (Å²) in [5, 5.41) is 0. The average molecular weight is 413 g/mol. The first-order valence-corrected chi connectivity index (χ1v) is 10.4. The minimum Gasteiger partial charge on any atom is -0.316 e. The van der Waals surface area contributed by atoms with Crippen molar-refractivity contribution in [2.45, 2.75) is 33.4 Å². The molecular weight excluding hydrogens is 385 g/mol. The molecule has 0 radical (unpaired) electrons. The molecular formula is C22H28FN5O2. The molecule has 1 saturated heterocycles. The molecule has 2 aromatic heterocycles. The van der Waals surface area contributed by atoms with Gasteiger partial charge in [0, 0.05) is 32.7 Å². The van der Waals surface area contributed by atoms with Crippen LogP contribution in [0.4, 0.5) is 4.39 Å². The Morgan fingerprint density at radius 3 is 2.37 bits per heavy atom. The third-order valence-electron chi connectivity index (χ3n) is 6.02. The minimum absolute atomic E-state index is 0.185. The Morgan fingerprint density at radius 1 is 1.03 bits per heavy atom. The van der Waals surface area contributed by atoms with E-state index in [-0.39, 0.29) is 12.4 Å². The number of benzene rings is 1. The number of aryl methyl sites for hydroxylation is 1. The lowest BCUT2D eigenvalue weighted by Crippen LogP contribution is -2.39. The molecule has 0 aliphatic carbocycles. The van der Waals surface area contributed by atoms with Crippen LogP contribution >= 0.6 is 0 Å². The zero-order valence-electron chi connectivity index (χ0n) is 17.9. The Bertz CT molecular complexity index is 1200. The number of nitrogens with zero attached hydrogens (tertiary/aromatic N) is 5. The number of hydrogen-bond donors (Lipinski definition) is 0. The molecule has 30 heavy (non-hydrogen) atoms. The Labute approximate surface area is 174 Å². The predicted octanol–water partition coefficient (Wildman–Crippen LogP) is 2.10. The first-order valence-electron chi connectivity index (χ1n) is 10.4. The number of fused-ring (bicyclic) bond motifs is 1. The molecule has 3 heterocycles. The molecule has 0 unspecified atom stereocenters. The molecule has 3 aromatic rings. The molecule has 8 heteroatoms. The van der Waals surface area contributed by atoms with Gasteiger partial charge in [0.1, 0.15) is 11.6 Å². The molecule has 7 nitrogen and oxygen atoms in total. The summed E-state index contributed by atoms with van der Waals surface area (Å²) in [5.41, 5.74) is 0.316. The Kier molecular flexibility index (Phi) is 5.36. The van der Waals surface area contributed by atoms with Crippen LogP contribution in [0.25, 0.3) is 11.2 Å². The quantitative estimate of drug-likeness (QED) is 0.657. The number of likely N-dealkylation sites (tertiary alicyclic amines) is 1. The standard InChI is InChI=1S/C22H28FN5O2/c1-14-9-15(2)11-27(10-14)13-18-24-20-19(21(29)26(4)22(30)25(20)3)28(18)12-16-7-5-6-8-17(16)23/h5-8,14-15H,9-13H2,1-4H3/t14-,15+. The van der Waals surface area contributed by atoms with Gasteiger partial charge in [0.05, 0.1) is 13.1 Å². The molecule has 160 valence electrons. The number of rotatable bonds is 4. The Hall–Kier alpha value is -2.74. The molecule has 2 atom stereocenters. The van der Waals surface area contributed by atoms with Crippen molar-refractivity contribution in [1.29, 1.82) is 0 Å². The SMILES string of the molecule is C[C@@H]1C[C@H](C)CN(Cc2nc3c(c(=O)n(C)c(=O)n3C)n2Cc2ccccc2F)C1. The highest BCUT2D eigenvalue weighted by molar-refractivity contribution is 5.71. The van der Waals surface area contributed by atoms with E-state index in [2.05, 4.69) is 18.7 Å². The number of piperidine rings is 1. The maximum Gasteiger partial charge on any atom is 0.332 e. The monoisotopic (exact) mass is 413 g/mol. The molecule has 0 bridgehead atoms. The highest BCUT2D eigenvalue weighted by Gasteiger charge is 2.25. The first kappa shape index (κ1) is 20.5.